The fourth-order valence-electron chi connectivity index (χ4n) is 4.08. The molecule has 1 aliphatic carbocycles. The number of halogens is 1. The summed E-state index contributed by atoms with van der Waals surface area (Å²) in [4.78, 5) is 21.2. The molecule has 0 radical (unpaired) electrons. The number of piperazine rings is 1. The molecule has 2 heterocycles. The number of hydrogen-bond donors (Lipinski definition) is 0. The predicted octanol–water partition coefficient (Wildman–Crippen LogP) is 3.29. The summed E-state index contributed by atoms with van der Waals surface area (Å²) in [7, 11) is 0. The Morgan fingerprint density at radius 2 is 1.96 bits per heavy atom. The number of carbonyl (C=O) groups excluding carboxylic acids is 1. The Morgan fingerprint density at radius 3 is 2.74 bits per heavy atom. The zero-order valence-electron chi connectivity index (χ0n) is 15.4. The highest BCUT2D eigenvalue weighted by Crippen LogP contribution is 2.24. The van der Waals surface area contributed by atoms with Crippen LogP contribution in [-0.4, -0.2) is 51.5 Å². The van der Waals surface area contributed by atoms with Gasteiger partial charge in [0, 0.05) is 30.6 Å². The summed E-state index contributed by atoms with van der Waals surface area (Å²) in [6.07, 6.45) is 6.64. The maximum Gasteiger partial charge on any atom is 0.240 e. The number of carbonyl (C=O) groups is 1. The fraction of sp³-hybridized carbons (Fsp3) is 0.550. The van der Waals surface area contributed by atoms with Gasteiger partial charge in [0.25, 0.3) is 0 Å². The van der Waals surface area contributed by atoms with E-state index in [9.17, 15) is 4.79 Å². The lowest BCUT2D eigenvalue weighted by atomic mass is 9.93. The Morgan fingerprint density at radius 1 is 1.15 bits per heavy atom. The van der Waals surface area contributed by atoms with Crippen LogP contribution in [0.5, 0.6) is 0 Å². The summed E-state index contributed by atoms with van der Waals surface area (Å²) >= 11 is 6.19. The van der Waals surface area contributed by atoms with Crippen molar-refractivity contribution < 1.29 is 9.32 Å². The van der Waals surface area contributed by atoms with Crippen LogP contribution >= 0.6 is 11.6 Å². The zero-order chi connectivity index (χ0) is 18.6. The Kier molecular flexibility index (Phi) is 5.74. The van der Waals surface area contributed by atoms with Gasteiger partial charge in [-0.25, -0.2) is 0 Å². The number of rotatable bonds is 5. The highest BCUT2D eigenvalue weighted by atomic mass is 35.5. The largest absolute Gasteiger partial charge is 0.338 e. The second kappa shape index (κ2) is 8.40. The van der Waals surface area contributed by atoms with E-state index >= 15 is 0 Å². The molecule has 1 aromatic carbocycles. The van der Waals surface area contributed by atoms with E-state index in [1.165, 1.54) is 19.3 Å². The van der Waals surface area contributed by atoms with Gasteiger partial charge in [-0.3, -0.25) is 9.69 Å². The van der Waals surface area contributed by atoms with Crippen LogP contribution in [0.2, 0.25) is 5.02 Å². The number of amides is 1. The Hall–Kier alpha value is -1.92. The van der Waals surface area contributed by atoms with Crippen molar-refractivity contribution in [3.8, 4) is 0 Å². The van der Waals surface area contributed by atoms with E-state index in [0.29, 0.717) is 42.3 Å². The Balaban J connectivity index is 1.32. The zero-order valence-corrected chi connectivity index (χ0v) is 16.2. The van der Waals surface area contributed by atoms with E-state index in [2.05, 4.69) is 19.9 Å². The molecular formula is C20H25ClN4O2. The van der Waals surface area contributed by atoms with Crippen molar-refractivity contribution in [3.05, 3.63) is 46.6 Å². The first-order chi connectivity index (χ1) is 13.2. The maximum atomic E-state index is 12.6. The third kappa shape index (κ3) is 4.50. The SMILES string of the molecule is O=C1CN(Cc2nc(Cc3ccccc3Cl)no2)CCN1C1CCCCC1. The van der Waals surface area contributed by atoms with Crippen LogP contribution in [0, 0.1) is 0 Å². The van der Waals surface area contributed by atoms with Gasteiger partial charge in [0.05, 0.1) is 13.1 Å². The minimum absolute atomic E-state index is 0.226. The first-order valence-corrected chi connectivity index (χ1v) is 10.1. The van der Waals surface area contributed by atoms with Gasteiger partial charge in [-0.2, -0.15) is 4.98 Å². The van der Waals surface area contributed by atoms with Crippen molar-refractivity contribution in [1.82, 2.24) is 19.9 Å². The Labute approximate surface area is 164 Å². The second-order valence-corrected chi connectivity index (χ2v) is 7.87. The number of hydrogen-bond acceptors (Lipinski definition) is 5. The molecule has 0 atom stereocenters. The lowest BCUT2D eigenvalue weighted by molar-refractivity contribution is -0.139. The molecule has 1 saturated carbocycles. The molecule has 0 spiro atoms. The molecule has 2 fully saturated rings. The van der Waals surface area contributed by atoms with Crippen molar-refractivity contribution in [2.24, 2.45) is 0 Å². The molecule has 144 valence electrons. The van der Waals surface area contributed by atoms with Gasteiger partial charge in [0.2, 0.25) is 11.8 Å². The van der Waals surface area contributed by atoms with Crippen LogP contribution in [0.4, 0.5) is 0 Å². The van der Waals surface area contributed by atoms with Gasteiger partial charge in [-0.1, -0.05) is 54.2 Å². The minimum atomic E-state index is 0.226. The number of benzene rings is 1. The molecule has 27 heavy (non-hydrogen) atoms. The van der Waals surface area contributed by atoms with Crippen LogP contribution in [0.1, 0.15) is 49.4 Å². The molecule has 7 heteroatoms. The summed E-state index contributed by atoms with van der Waals surface area (Å²) in [6.45, 7) is 2.59. The van der Waals surface area contributed by atoms with Crippen LogP contribution in [-0.2, 0) is 17.8 Å². The van der Waals surface area contributed by atoms with Crippen molar-refractivity contribution in [1.29, 1.82) is 0 Å². The third-order valence-electron chi connectivity index (χ3n) is 5.53. The molecule has 1 saturated heterocycles. The van der Waals surface area contributed by atoms with Gasteiger partial charge in [-0.15, -0.1) is 0 Å². The predicted molar refractivity (Wildman–Crippen MR) is 102 cm³/mol. The average molecular weight is 389 g/mol. The normalized spacial score (nSPS) is 19.6. The molecular weight excluding hydrogens is 364 g/mol. The molecule has 1 aliphatic heterocycles. The lowest BCUT2D eigenvalue weighted by Gasteiger charge is -2.40. The monoisotopic (exact) mass is 388 g/mol. The van der Waals surface area contributed by atoms with Gasteiger partial charge in [0.1, 0.15) is 0 Å². The van der Waals surface area contributed by atoms with Crippen LogP contribution < -0.4 is 0 Å². The molecule has 0 N–H and O–H groups in total. The van der Waals surface area contributed by atoms with Gasteiger partial charge >= 0.3 is 0 Å². The summed E-state index contributed by atoms with van der Waals surface area (Å²) in [5.41, 5.74) is 0.975. The van der Waals surface area contributed by atoms with E-state index in [-0.39, 0.29) is 5.91 Å². The molecule has 0 bridgehead atoms. The summed E-state index contributed by atoms with van der Waals surface area (Å²) < 4.78 is 5.39. The molecule has 2 aromatic rings. The average Bonchev–Trinajstić information content (AvgIpc) is 3.11. The van der Waals surface area contributed by atoms with Crippen molar-refractivity contribution >= 4 is 17.5 Å². The van der Waals surface area contributed by atoms with E-state index in [0.717, 1.165) is 31.5 Å². The van der Waals surface area contributed by atoms with Crippen molar-refractivity contribution in [2.45, 2.75) is 51.1 Å². The minimum Gasteiger partial charge on any atom is -0.338 e. The summed E-state index contributed by atoms with van der Waals surface area (Å²) in [6, 6.07) is 8.10. The Bertz CT molecular complexity index is 788. The smallest absolute Gasteiger partial charge is 0.240 e. The van der Waals surface area contributed by atoms with Crippen molar-refractivity contribution in [3.63, 3.8) is 0 Å². The molecule has 6 nitrogen and oxygen atoms in total. The number of nitrogens with zero attached hydrogens (tertiary/aromatic N) is 4. The maximum absolute atomic E-state index is 12.6. The van der Waals surface area contributed by atoms with Gasteiger partial charge < -0.3 is 9.42 Å². The highest BCUT2D eigenvalue weighted by Gasteiger charge is 2.30. The fourth-order valence-corrected chi connectivity index (χ4v) is 4.28. The molecule has 4 rings (SSSR count). The lowest BCUT2D eigenvalue weighted by Crippen LogP contribution is -2.54. The van der Waals surface area contributed by atoms with Crippen LogP contribution in [0.3, 0.4) is 0 Å². The molecule has 2 aliphatic rings. The van der Waals surface area contributed by atoms with Gasteiger partial charge in [0.15, 0.2) is 5.82 Å². The topological polar surface area (TPSA) is 62.5 Å². The summed E-state index contributed by atoms with van der Waals surface area (Å²) in [5.74, 6) is 1.39. The number of aromatic nitrogens is 2. The summed E-state index contributed by atoms with van der Waals surface area (Å²) in [5, 5.41) is 4.76. The van der Waals surface area contributed by atoms with Crippen LogP contribution in [0.15, 0.2) is 28.8 Å². The van der Waals surface area contributed by atoms with Gasteiger partial charge in [-0.05, 0) is 24.5 Å². The first kappa shape index (κ1) is 18.4. The van der Waals surface area contributed by atoms with Crippen LogP contribution in [0.25, 0.3) is 0 Å². The van der Waals surface area contributed by atoms with E-state index < -0.39 is 0 Å². The second-order valence-electron chi connectivity index (χ2n) is 7.46. The molecule has 0 unspecified atom stereocenters. The quantitative estimate of drug-likeness (QED) is 0.786. The molecule has 1 amide bonds. The molecule has 1 aromatic heterocycles. The highest BCUT2D eigenvalue weighted by molar-refractivity contribution is 6.31. The van der Waals surface area contributed by atoms with E-state index in [1.54, 1.807) is 0 Å². The first-order valence-electron chi connectivity index (χ1n) is 9.76. The van der Waals surface area contributed by atoms with E-state index in [4.69, 9.17) is 16.1 Å². The van der Waals surface area contributed by atoms with Crippen molar-refractivity contribution in [2.75, 3.05) is 19.6 Å². The standard InChI is InChI=1S/C20H25ClN4O2/c21-17-9-5-4-6-15(17)12-18-22-19(27-23-18)13-24-10-11-25(20(26)14-24)16-7-2-1-3-8-16/h4-6,9,16H,1-3,7-8,10-14H2. The third-order valence-corrected chi connectivity index (χ3v) is 5.90. The van der Waals surface area contributed by atoms with E-state index in [1.807, 2.05) is 24.3 Å².